The van der Waals surface area contributed by atoms with Gasteiger partial charge in [0.25, 0.3) is 0 Å². The lowest BCUT2D eigenvalue weighted by atomic mass is 9.93. The SMILES string of the molecule is O=P12c3ccccc3-c3cc(-c4cccc(-c5cccnc5)c4)ccc3N1c1ccc(-c3cccc(-c4cccnc4)c3)cc1-c1ccccc12. The lowest BCUT2D eigenvalue weighted by Crippen LogP contribution is -2.37. The second kappa shape index (κ2) is 11.6. The molecule has 2 aliphatic rings. The largest absolute Gasteiger partial charge is 0.289 e. The van der Waals surface area contributed by atoms with Crippen LogP contribution in [0.3, 0.4) is 0 Å². The van der Waals surface area contributed by atoms with E-state index < -0.39 is 7.29 Å². The van der Waals surface area contributed by atoms with Crippen molar-refractivity contribution in [3.63, 3.8) is 0 Å². The molecule has 2 aromatic heterocycles. The first-order valence-corrected chi connectivity index (χ1v) is 18.7. The van der Waals surface area contributed by atoms with Crippen LogP contribution in [0.4, 0.5) is 11.4 Å². The van der Waals surface area contributed by atoms with Gasteiger partial charge in [-0.2, -0.15) is 0 Å². The number of hydrogen-bond donors (Lipinski definition) is 0. The monoisotopic (exact) mass is 671 g/mol. The Balaban J connectivity index is 1.15. The fraction of sp³-hybridized carbons (Fsp3) is 0. The van der Waals surface area contributed by atoms with Crippen LogP contribution in [-0.4, -0.2) is 9.97 Å². The van der Waals surface area contributed by atoms with Crippen molar-refractivity contribution in [3.05, 3.63) is 183 Å². The van der Waals surface area contributed by atoms with Crippen molar-refractivity contribution in [2.45, 2.75) is 0 Å². The zero-order chi connectivity index (χ0) is 33.9. The van der Waals surface area contributed by atoms with Crippen LogP contribution in [0.1, 0.15) is 0 Å². The average molecular weight is 672 g/mol. The van der Waals surface area contributed by atoms with Crippen LogP contribution in [0.25, 0.3) is 66.8 Å². The highest BCUT2D eigenvalue weighted by Crippen LogP contribution is 2.66. The fourth-order valence-corrected chi connectivity index (χ4v) is 11.0. The van der Waals surface area contributed by atoms with E-state index in [1.807, 2.05) is 36.7 Å². The minimum atomic E-state index is -3.31. The maximum absolute atomic E-state index is 16.0. The van der Waals surface area contributed by atoms with Crippen molar-refractivity contribution in [2.24, 2.45) is 0 Å². The summed E-state index contributed by atoms with van der Waals surface area (Å²) in [5.41, 5.74) is 14.9. The van der Waals surface area contributed by atoms with Gasteiger partial charge in [-0.05, 0) is 105 Å². The van der Waals surface area contributed by atoms with Gasteiger partial charge < -0.3 is 0 Å². The van der Waals surface area contributed by atoms with Crippen molar-refractivity contribution in [2.75, 3.05) is 4.67 Å². The van der Waals surface area contributed by atoms with Crippen LogP contribution in [-0.2, 0) is 4.57 Å². The summed E-state index contributed by atoms with van der Waals surface area (Å²) in [5, 5.41) is 1.73. The van der Waals surface area contributed by atoms with Crippen molar-refractivity contribution in [1.82, 2.24) is 9.97 Å². The highest BCUT2D eigenvalue weighted by molar-refractivity contribution is 7.81. The molecule has 0 unspecified atom stereocenters. The minimum Gasteiger partial charge on any atom is -0.289 e. The molecule has 0 amide bonds. The molecule has 51 heavy (non-hydrogen) atoms. The zero-order valence-electron chi connectivity index (χ0n) is 27.5. The molecule has 0 saturated heterocycles. The third-order valence-corrected chi connectivity index (χ3v) is 13.2. The van der Waals surface area contributed by atoms with Crippen molar-refractivity contribution in [1.29, 1.82) is 0 Å². The smallest absolute Gasteiger partial charge is 0.235 e. The van der Waals surface area contributed by atoms with Crippen LogP contribution in [0.5, 0.6) is 0 Å². The molecule has 0 spiro atoms. The van der Waals surface area contributed by atoms with Crippen LogP contribution in [0.15, 0.2) is 183 Å². The van der Waals surface area contributed by atoms with Crippen LogP contribution < -0.4 is 15.3 Å². The Morgan fingerprint density at radius 1 is 0.373 bits per heavy atom. The summed E-state index contributed by atoms with van der Waals surface area (Å²) in [6, 6.07) is 54.9. The molecular formula is C46H30N3OP. The van der Waals surface area contributed by atoms with Crippen molar-refractivity contribution in [3.8, 4) is 66.8 Å². The molecule has 6 aromatic carbocycles. The van der Waals surface area contributed by atoms with E-state index in [1.54, 1.807) is 12.4 Å². The minimum absolute atomic E-state index is 0.866. The molecule has 10 rings (SSSR count). The molecule has 4 heterocycles. The third kappa shape index (κ3) is 4.65. The lowest BCUT2D eigenvalue weighted by Gasteiger charge is -2.44. The van der Waals surface area contributed by atoms with E-state index in [9.17, 15) is 0 Å². The Morgan fingerprint density at radius 2 is 0.784 bits per heavy atom. The Bertz CT molecular complexity index is 2510. The number of anilines is 2. The van der Waals surface area contributed by atoms with Gasteiger partial charge in [0.2, 0.25) is 7.29 Å². The molecule has 0 radical (unpaired) electrons. The van der Waals surface area contributed by atoms with Gasteiger partial charge in [-0.15, -0.1) is 0 Å². The van der Waals surface area contributed by atoms with Crippen molar-refractivity contribution >= 4 is 29.3 Å². The van der Waals surface area contributed by atoms with E-state index in [4.69, 9.17) is 0 Å². The summed E-state index contributed by atoms with van der Waals surface area (Å²) in [6.07, 6.45) is 7.39. The molecular weight excluding hydrogens is 642 g/mol. The summed E-state index contributed by atoms with van der Waals surface area (Å²) >= 11 is 0. The first kappa shape index (κ1) is 29.6. The molecule has 0 atom stereocenters. The quantitative estimate of drug-likeness (QED) is 0.175. The van der Waals surface area contributed by atoms with Gasteiger partial charge in [-0.25, -0.2) is 0 Å². The molecule has 0 fully saturated rings. The number of benzene rings is 6. The second-order valence-electron chi connectivity index (χ2n) is 13.0. The fourth-order valence-electron chi connectivity index (χ4n) is 7.77. The number of fused-ring (bicyclic) bond motifs is 11. The summed E-state index contributed by atoms with van der Waals surface area (Å²) in [5.74, 6) is 0. The van der Waals surface area contributed by atoms with Crippen LogP contribution >= 0.6 is 7.29 Å². The summed E-state index contributed by atoms with van der Waals surface area (Å²) in [6.45, 7) is 0. The summed E-state index contributed by atoms with van der Waals surface area (Å²) in [7, 11) is -3.31. The number of rotatable bonds is 4. The number of hydrogen-bond acceptors (Lipinski definition) is 3. The Labute approximate surface area is 296 Å². The van der Waals surface area contributed by atoms with Gasteiger partial charge in [0, 0.05) is 57.7 Å². The third-order valence-electron chi connectivity index (χ3n) is 10.2. The molecule has 0 saturated carbocycles. The van der Waals surface area contributed by atoms with E-state index in [0.717, 1.165) is 88.7 Å². The number of pyridine rings is 2. The lowest BCUT2D eigenvalue weighted by molar-refractivity contribution is 0.586. The van der Waals surface area contributed by atoms with Gasteiger partial charge in [0.1, 0.15) is 0 Å². The number of nitrogens with zero attached hydrogens (tertiary/aromatic N) is 3. The highest BCUT2D eigenvalue weighted by Gasteiger charge is 2.47. The standard InChI is InChI=1S/C46H30N3OP/c50-51-45-17-3-1-15-39(45)41-27-35(31-9-5-11-33(25-31)37-13-7-23-47-29-37)19-21-43(41)49(51)44-22-20-36(28-42(44)40-16-2-4-18-46(40)51)32-10-6-12-34(26-32)38-14-8-24-48-30-38/h1-30H. The van der Waals surface area contributed by atoms with Gasteiger partial charge in [0.15, 0.2) is 0 Å². The van der Waals surface area contributed by atoms with Crippen molar-refractivity contribution < 1.29 is 4.57 Å². The first-order chi connectivity index (χ1) is 25.2. The van der Waals surface area contributed by atoms with E-state index in [-0.39, 0.29) is 0 Å². The average Bonchev–Trinajstić information content (AvgIpc) is 3.21. The molecule has 2 aliphatic heterocycles. The molecule has 0 N–H and O–H groups in total. The molecule has 0 aliphatic carbocycles. The van der Waals surface area contributed by atoms with Crippen LogP contribution in [0.2, 0.25) is 0 Å². The second-order valence-corrected chi connectivity index (χ2v) is 15.5. The van der Waals surface area contributed by atoms with E-state index in [2.05, 4.69) is 148 Å². The van der Waals surface area contributed by atoms with Crippen LogP contribution in [0, 0.1) is 0 Å². The summed E-state index contributed by atoms with van der Waals surface area (Å²) in [4.78, 5) is 8.66. The Morgan fingerprint density at radius 3 is 1.24 bits per heavy atom. The van der Waals surface area contributed by atoms with Gasteiger partial charge in [-0.1, -0.05) is 97.1 Å². The predicted octanol–water partition coefficient (Wildman–Crippen LogP) is 11.2. The van der Waals surface area contributed by atoms with E-state index >= 15 is 4.57 Å². The maximum atomic E-state index is 16.0. The zero-order valence-corrected chi connectivity index (χ0v) is 28.4. The van der Waals surface area contributed by atoms with Gasteiger partial charge in [-0.3, -0.25) is 19.2 Å². The Kier molecular flexibility index (Phi) is 6.74. The maximum Gasteiger partial charge on any atom is 0.235 e. The normalized spacial score (nSPS) is 13.3. The molecule has 240 valence electrons. The molecule has 8 aromatic rings. The van der Waals surface area contributed by atoms with Gasteiger partial charge >= 0.3 is 0 Å². The number of aromatic nitrogens is 2. The predicted molar refractivity (Wildman–Crippen MR) is 210 cm³/mol. The Hall–Kier alpha value is -6.35. The van der Waals surface area contributed by atoms with E-state index in [0.29, 0.717) is 0 Å². The first-order valence-electron chi connectivity index (χ1n) is 17.1. The topological polar surface area (TPSA) is 46.1 Å². The molecule has 0 bridgehead atoms. The highest BCUT2D eigenvalue weighted by atomic mass is 31.2. The summed E-state index contributed by atoms with van der Waals surface area (Å²) < 4.78 is 18.2. The van der Waals surface area contributed by atoms with E-state index in [1.165, 1.54) is 0 Å². The van der Waals surface area contributed by atoms with Gasteiger partial charge in [0.05, 0.1) is 11.4 Å². The molecule has 5 heteroatoms. The molecule has 4 nitrogen and oxygen atoms in total.